The minimum absolute atomic E-state index is 0. The van der Waals surface area contributed by atoms with E-state index in [2.05, 4.69) is 20.6 Å². The number of benzene rings is 1. The molecule has 154 valence electrons. The van der Waals surface area contributed by atoms with Gasteiger partial charge >= 0.3 is 0 Å². The summed E-state index contributed by atoms with van der Waals surface area (Å²) in [6.07, 6.45) is 1.79. The topological polar surface area (TPSA) is 77.0 Å². The number of nitrogens with one attached hydrogen (secondary N) is 2. The Morgan fingerprint density at radius 2 is 1.79 bits per heavy atom. The number of halogens is 1. The number of hydrogen-bond acceptors (Lipinski definition) is 5. The van der Waals surface area contributed by atoms with Crippen LogP contribution >= 0.6 is 24.0 Å². The Morgan fingerprint density at radius 1 is 1.00 bits per heavy atom. The lowest BCUT2D eigenvalue weighted by atomic mass is 10.3. The van der Waals surface area contributed by atoms with Gasteiger partial charge in [-0.3, -0.25) is 4.99 Å². The van der Waals surface area contributed by atoms with Gasteiger partial charge in [0.2, 0.25) is 5.88 Å². The van der Waals surface area contributed by atoms with Crippen molar-refractivity contribution in [1.82, 2.24) is 15.6 Å². The first-order chi connectivity index (χ1) is 13.3. The molecule has 28 heavy (non-hydrogen) atoms. The lowest BCUT2D eigenvalue weighted by Gasteiger charge is -2.12. The Kier molecular flexibility index (Phi) is 12.8. The van der Waals surface area contributed by atoms with Crippen LogP contribution in [0.5, 0.6) is 11.6 Å². The SMILES string of the molecule is CCOCCNC(=NC)NCc1ccc(OCCOc2ccccc2)nc1.I. The van der Waals surface area contributed by atoms with Gasteiger partial charge in [0.15, 0.2) is 5.96 Å². The molecule has 0 aliphatic carbocycles. The molecule has 1 aromatic carbocycles. The molecule has 0 aliphatic heterocycles. The summed E-state index contributed by atoms with van der Waals surface area (Å²) in [5.41, 5.74) is 1.04. The Hall–Kier alpha value is -2.07. The maximum Gasteiger partial charge on any atom is 0.213 e. The van der Waals surface area contributed by atoms with E-state index >= 15 is 0 Å². The van der Waals surface area contributed by atoms with Crippen LogP contribution in [0.4, 0.5) is 0 Å². The smallest absolute Gasteiger partial charge is 0.213 e. The summed E-state index contributed by atoms with van der Waals surface area (Å²) < 4.78 is 16.5. The zero-order chi connectivity index (χ0) is 19.2. The number of aliphatic imine (C=N–C) groups is 1. The highest BCUT2D eigenvalue weighted by atomic mass is 127. The fraction of sp³-hybridized carbons (Fsp3) is 0.400. The van der Waals surface area contributed by atoms with Gasteiger partial charge in [-0.2, -0.15) is 0 Å². The van der Waals surface area contributed by atoms with Crippen molar-refractivity contribution in [2.45, 2.75) is 13.5 Å². The van der Waals surface area contributed by atoms with E-state index < -0.39 is 0 Å². The highest BCUT2D eigenvalue weighted by Crippen LogP contribution is 2.09. The second-order valence-electron chi connectivity index (χ2n) is 5.56. The Balaban J connectivity index is 0.00000392. The molecule has 2 aromatic rings. The summed E-state index contributed by atoms with van der Waals surface area (Å²) in [4.78, 5) is 8.49. The van der Waals surface area contributed by atoms with Crippen molar-refractivity contribution in [2.24, 2.45) is 4.99 Å². The summed E-state index contributed by atoms with van der Waals surface area (Å²) in [7, 11) is 1.74. The molecular weight excluding hydrogens is 471 g/mol. The van der Waals surface area contributed by atoms with Crippen LogP contribution in [-0.2, 0) is 11.3 Å². The minimum atomic E-state index is 0. The molecule has 7 nitrogen and oxygen atoms in total. The number of para-hydroxylation sites is 1. The Bertz CT molecular complexity index is 669. The molecule has 2 rings (SSSR count). The Morgan fingerprint density at radius 3 is 2.46 bits per heavy atom. The molecule has 0 radical (unpaired) electrons. The van der Waals surface area contributed by atoms with Crippen LogP contribution in [0.15, 0.2) is 53.7 Å². The maximum atomic E-state index is 5.60. The van der Waals surface area contributed by atoms with E-state index in [-0.39, 0.29) is 24.0 Å². The lowest BCUT2D eigenvalue weighted by Crippen LogP contribution is -2.38. The molecule has 1 heterocycles. The molecule has 0 aliphatic rings. The first kappa shape index (κ1) is 24.0. The van der Waals surface area contributed by atoms with E-state index in [1.165, 1.54) is 0 Å². The molecule has 0 fully saturated rings. The predicted octanol–water partition coefficient (Wildman–Crippen LogP) is 2.86. The quantitative estimate of drug-likeness (QED) is 0.214. The van der Waals surface area contributed by atoms with Crippen LogP contribution in [0, 0.1) is 0 Å². The zero-order valence-electron chi connectivity index (χ0n) is 16.4. The van der Waals surface area contributed by atoms with Gasteiger partial charge in [-0.25, -0.2) is 4.98 Å². The first-order valence-corrected chi connectivity index (χ1v) is 9.09. The average molecular weight is 500 g/mol. The third-order valence-electron chi connectivity index (χ3n) is 3.57. The molecular formula is C20H29IN4O3. The van der Waals surface area contributed by atoms with E-state index in [0.717, 1.165) is 17.3 Å². The van der Waals surface area contributed by atoms with Crippen LogP contribution in [0.2, 0.25) is 0 Å². The number of rotatable bonds is 11. The van der Waals surface area contributed by atoms with Crippen LogP contribution in [-0.4, -0.2) is 51.0 Å². The van der Waals surface area contributed by atoms with E-state index in [1.54, 1.807) is 13.2 Å². The summed E-state index contributed by atoms with van der Waals surface area (Å²) in [6.45, 7) is 5.59. The van der Waals surface area contributed by atoms with Crippen molar-refractivity contribution in [3.8, 4) is 11.6 Å². The van der Waals surface area contributed by atoms with Gasteiger partial charge in [0, 0.05) is 39.0 Å². The van der Waals surface area contributed by atoms with E-state index in [9.17, 15) is 0 Å². The summed E-state index contributed by atoms with van der Waals surface area (Å²) >= 11 is 0. The van der Waals surface area contributed by atoms with Gasteiger partial charge in [0.25, 0.3) is 0 Å². The fourth-order valence-electron chi connectivity index (χ4n) is 2.22. The minimum Gasteiger partial charge on any atom is -0.490 e. The summed E-state index contributed by atoms with van der Waals surface area (Å²) in [6, 6.07) is 13.5. The van der Waals surface area contributed by atoms with Crippen LogP contribution in [0.3, 0.4) is 0 Å². The number of aromatic nitrogens is 1. The van der Waals surface area contributed by atoms with Crippen molar-refractivity contribution >= 4 is 29.9 Å². The van der Waals surface area contributed by atoms with E-state index in [4.69, 9.17) is 14.2 Å². The van der Waals surface area contributed by atoms with Gasteiger partial charge in [0.1, 0.15) is 19.0 Å². The molecule has 0 saturated carbocycles. The van der Waals surface area contributed by atoms with E-state index in [1.807, 2.05) is 49.4 Å². The molecule has 0 spiro atoms. The fourth-order valence-corrected chi connectivity index (χ4v) is 2.22. The zero-order valence-corrected chi connectivity index (χ0v) is 18.7. The molecule has 0 bridgehead atoms. The molecule has 8 heteroatoms. The standard InChI is InChI=1S/C20H28N4O3.HI/c1-3-25-12-11-22-20(21-2)24-16-17-9-10-19(23-15-17)27-14-13-26-18-7-5-4-6-8-18;/h4-10,15H,3,11-14,16H2,1-2H3,(H2,21,22,24);1H. The van der Waals surface area contributed by atoms with Crippen molar-refractivity contribution in [3.05, 3.63) is 54.2 Å². The number of guanidine groups is 1. The summed E-state index contributed by atoms with van der Waals surface area (Å²) in [5, 5.41) is 6.42. The largest absolute Gasteiger partial charge is 0.490 e. The van der Waals surface area contributed by atoms with Crippen molar-refractivity contribution in [1.29, 1.82) is 0 Å². The second kappa shape index (κ2) is 14.9. The number of pyridine rings is 1. The number of ether oxygens (including phenoxy) is 3. The summed E-state index contributed by atoms with van der Waals surface area (Å²) in [5.74, 6) is 2.14. The van der Waals surface area contributed by atoms with Crippen molar-refractivity contribution < 1.29 is 14.2 Å². The first-order valence-electron chi connectivity index (χ1n) is 9.09. The van der Waals surface area contributed by atoms with Crippen LogP contribution in [0.25, 0.3) is 0 Å². The van der Waals surface area contributed by atoms with Gasteiger partial charge in [-0.15, -0.1) is 24.0 Å². The average Bonchev–Trinajstić information content (AvgIpc) is 2.72. The number of nitrogens with zero attached hydrogens (tertiary/aromatic N) is 2. The lowest BCUT2D eigenvalue weighted by molar-refractivity contribution is 0.152. The van der Waals surface area contributed by atoms with Crippen molar-refractivity contribution in [2.75, 3.05) is 40.0 Å². The van der Waals surface area contributed by atoms with Crippen molar-refractivity contribution in [3.63, 3.8) is 0 Å². The highest BCUT2D eigenvalue weighted by molar-refractivity contribution is 14.0. The molecule has 2 N–H and O–H groups in total. The Labute approximate surface area is 183 Å². The van der Waals surface area contributed by atoms with Crippen LogP contribution in [0.1, 0.15) is 12.5 Å². The normalized spacial score (nSPS) is 10.7. The van der Waals surface area contributed by atoms with E-state index in [0.29, 0.717) is 45.4 Å². The molecule has 0 unspecified atom stereocenters. The monoisotopic (exact) mass is 500 g/mol. The van der Waals surface area contributed by atoms with Crippen LogP contribution < -0.4 is 20.1 Å². The van der Waals surface area contributed by atoms with Gasteiger partial charge in [0.05, 0.1) is 6.61 Å². The molecule has 0 atom stereocenters. The third-order valence-corrected chi connectivity index (χ3v) is 3.57. The maximum absolute atomic E-state index is 5.60. The van der Waals surface area contributed by atoms with Gasteiger partial charge in [-0.1, -0.05) is 24.3 Å². The molecule has 0 saturated heterocycles. The third kappa shape index (κ3) is 9.75. The second-order valence-corrected chi connectivity index (χ2v) is 5.56. The van der Waals surface area contributed by atoms with Gasteiger partial charge < -0.3 is 24.8 Å². The highest BCUT2D eigenvalue weighted by Gasteiger charge is 2.01. The molecule has 1 aromatic heterocycles. The van der Waals surface area contributed by atoms with Gasteiger partial charge in [-0.05, 0) is 24.6 Å². The molecule has 0 amide bonds. The predicted molar refractivity (Wildman–Crippen MR) is 122 cm³/mol. The number of hydrogen-bond donors (Lipinski definition) is 2.